The maximum absolute atomic E-state index is 12.7. The van der Waals surface area contributed by atoms with Gasteiger partial charge in [0.2, 0.25) is 5.91 Å². The zero-order chi connectivity index (χ0) is 17.9. The molecule has 1 aliphatic rings. The summed E-state index contributed by atoms with van der Waals surface area (Å²) in [5.74, 6) is 0.389. The van der Waals surface area contributed by atoms with Crippen LogP contribution in [0.25, 0.3) is 0 Å². The number of rotatable bonds is 10. The van der Waals surface area contributed by atoms with Crippen LogP contribution >= 0.6 is 0 Å². The Morgan fingerprint density at radius 2 is 1.79 bits per heavy atom. The molecule has 1 rings (SSSR count). The number of ether oxygens (including phenoxy) is 1. The normalized spacial score (nSPS) is 16.9. The first-order valence-electron chi connectivity index (χ1n) is 9.44. The maximum atomic E-state index is 12.7. The zero-order valence-electron chi connectivity index (χ0n) is 16.1. The highest BCUT2D eigenvalue weighted by Gasteiger charge is 2.22. The van der Waals surface area contributed by atoms with Crippen LogP contribution in [0.1, 0.15) is 58.3 Å². The lowest BCUT2D eigenvalue weighted by atomic mass is 9.86. The quantitative estimate of drug-likeness (QED) is 0.574. The van der Waals surface area contributed by atoms with Crippen LogP contribution in [0, 0.1) is 11.8 Å². The smallest absolute Gasteiger partial charge is 0.310 e. The Balaban J connectivity index is 2.50. The first kappa shape index (κ1) is 20.9. The van der Waals surface area contributed by atoms with E-state index in [-0.39, 0.29) is 17.8 Å². The number of hydrogen-bond donors (Lipinski definition) is 0. The number of hydrogen-bond acceptors (Lipinski definition) is 4. The van der Waals surface area contributed by atoms with E-state index in [1.165, 1.54) is 39.2 Å². The summed E-state index contributed by atoms with van der Waals surface area (Å²) in [7, 11) is 5.47. The van der Waals surface area contributed by atoms with Crippen molar-refractivity contribution in [1.82, 2.24) is 9.80 Å². The summed E-state index contributed by atoms with van der Waals surface area (Å²) in [5.41, 5.74) is 0. The third-order valence-corrected chi connectivity index (χ3v) is 4.98. The van der Waals surface area contributed by atoms with Crippen LogP contribution < -0.4 is 0 Å². The second-order valence-electron chi connectivity index (χ2n) is 7.46. The third-order valence-electron chi connectivity index (χ3n) is 4.98. The molecule has 24 heavy (non-hydrogen) atoms. The van der Waals surface area contributed by atoms with Crippen molar-refractivity contribution in [3.8, 4) is 0 Å². The SMILES string of the molecule is COC(=O)C(C)CN(CCCN(C)C)C(=O)CCC1CCCCC1. The van der Waals surface area contributed by atoms with E-state index in [4.69, 9.17) is 4.74 Å². The van der Waals surface area contributed by atoms with E-state index >= 15 is 0 Å². The van der Waals surface area contributed by atoms with E-state index in [9.17, 15) is 9.59 Å². The van der Waals surface area contributed by atoms with Gasteiger partial charge in [-0.1, -0.05) is 39.0 Å². The molecule has 1 unspecified atom stereocenters. The standard InChI is InChI=1S/C19H36N2O3/c1-16(19(23)24-4)15-21(14-8-13-20(2)3)18(22)12-11-17-9-6-5-7-10-17/h16-17H,5-15H2,1-4H3. The number of nitrogens with zero attached hydrogens (tertiary/aromatic N) is 2. The predicted molar refractivity (Wildman–Crippen MR) is 96.7 cm³/mol. The summed E-state index contributed by atoms with van der Waals surface area (Å²) >= 11 is 0. The van der Waals surface area contributed by atoms with Crippen LogP contribution in [0.4, 0.5) is 0 Å². The van der Waals surface area contributed by atoms with Gasteiger partial charge < -0.3 is 14.5 Å². The van der Waals surface area contributed by atoms with Gasteiger partial charge in [0.25, 0.3) is 0 Å². The van der Waals surface area contributed by atoms with Crippen molar-refractivity contribution >= 4 is 11.9 Å². The molecule has 0 aromatic rings. The zero-order valence-corrected chi connectivity index (χ0v) is 16.1. The number of amides is 1. The van der Waals surface area contributed by atoms with Gasteiger partial charge in [-0.25, -0.2) is 0 Å². The van der Waals surface area contributed by atoms with Gasteiger partial charge in [-0.05, 0) is 39.4 Å². The van der Waals surface area contributed by atoms with Gasteiger partial charge in [0.15, 0.2) is 0 Å². The highest BCUT2D eigenvalue weighted by atomic mass is 16.5. The maximum Gasteiger partial charge on any atom is 0.310 e. The lowest BCUT2D eigenvalue weighted by molar-refractivity contribution is -0.146. The number of methoxy groups -OCH3 is 1. The predicted octanol–water partition coefficient (Wildman–Crippen LogP) is 2.94. The fraction of sp³-hybridized carbons (Fsp3) is 0.895. The molecule has 1 atom stereocenters. The van der Waals surface area contributed by atoms with Crippen molar-refractivity contribution in [2.24, 2.45) is 11.8 Å². The van der Waals surface area contributed by atoms with E-state index < -0.39 is 0 Å². The van der Waals surface area contributed by atoms with Crippen molar-refractivity contribution in [3.05, 3.63) is 0 Å². The van der Waals surface area contributed by atoms with Gasteiger partial charge >= 0.3 is 5.97 Å². The van der Waals surface area contributed by atoms with Crippen molar-refractivity contribution in [2.75, 3.05) is 40.8 Å². The summed E-state index contributed by atoms with van der Waals surface area (Å²) in [6.45, 7) is 3.95. The van der Waals surface area contributed by atoms with Gasteiger partial charge in [0, 0.05) is 19.5 Å². The first-order valence-corrected chi connectivity index (χ1v) is 9.44. The van der Waals surface area contributed by atoms with Crippen molar-refractivity contribution < 1.29 is 14.3 Å². The Labute approximate surface area is 147 Å². The lowest BCUT2D eigenvalue weighted by Crippen LogP contribution is -2.39. The second-order valence-corrected chi connectivity index (χ2v) is 7.46. The molecule has 0 aromatic heterocycles. The van der Waals surface area contributed by atoms with Crippen LogP contribution in [0.5, 0.6) is 0 Å². The van der Waals surface area contributed by atoms with Crippen LogP contribution in [0.3, 0.4) is 0 Å². The third kappa shape index (κ3) is 8.13. The summed E-state index contributed by atoms with van der Waals surface area (Å²) in [5, 5.41) is 0. The molecule has 0 aliphatic heterocycles. The van der Waals surface area contributed by atoms with Gasteiger partial charge in [-0.15, -0.1) is 0 Å². The minimum Gasteiger partial charge on any atom is -0.469 e. The fourth-order valence-electron chi connectivity index (χ4n) is 3.46. The van der Waals surface area contributed by atoms with E-state index in [1.54, 1.807) is 0 Å². The number of carbonyl (C=O) groups excluding carboxylic acids is 2. The van der Waals surface area contributed by atoms with Crippen molar-refractivity contribution in [1.29, 1.82) is 0 Å². The molecule has 5 heteroatoms. The number of esters is 1. The Bertz CT molecular complexity index is 379. The van der Waals surface area contributed by atoms with Crippen LogP contribution in [-0.2, 0) is 14.3 Å². The molecule has 0 aromatic carbocycles. The average Bonchev–Trinajstić information content (AvgIpc) is 2.58. The highest BCUT2D eigenvalue weighted by Crippen LogP contribution is 2.27. The van der Waals surface area contributed by atoms with Crippen LogP contribution in [0.15, 0.2) is 0 Å². The van der Waals surface area contributed by atoms with Crippen molar-refractivity contribution in [3.63, 3.8) is 0 Å². The first-order chi connectivity index (χ1) is 11.4. The molecule has 5 nitrogen and oxygen atoms in total. The molecule has 0 saturated heterocycles. The largest absolute Gasteiger partial charge is 0.469 e. The second kappa shape index (κ2) is 11.5. The molecule has 0 radical (unpaired) electrons. The Kier molecular flexibility index (Phi) is 9.99. The molecule has 0 N–H and O–H groups in total. The van der Waals surface area contributed by atoms with Crippen molar-refractivity contribution in [2.45, 2.75) is 58.3 Å². The summed E-state index contributed by atoms with van der Waals surface area (Å²) in [6, 6.07) is 0. The van der Waals surface area contributed by atoms with E-state index in [2.05, 4.69) is 4.90 Å². The molecule has 140 valence electrons. The minimum absolute atomic E-state index is 0.190. The van der Waals surface area contributed by atoms with Gasteiger partial charge in [-0.3, -0.25) is 9.59 Å². The fourth-order valence-corrected chi connectivity index (χ4v) is 3.46. The molecule has 0 spiro atoms. The molecule has 0 bridgehead atoms. The Morgan fingerprint density at radius 1 is 1.12 bits per heavy atom. The average molecular weight is 341 g/mol. The van der Waals surface area contributed by atoms with Gasteiger partial charge in [0.05, 0.1) is 13.0 Å². The molecular formula is C19H36N2O3. The Hall–Kier alpha value is -1.10. The van der Waals surface area contributed by atoms with Gasteiger partial charge in [-0.2, -0.15) is 0 Å². The lowest BCUT2D eigenvalue weighted by Gasteiger charge is -2.27. The van der Waals surface area contributed by atoms with E-state index in [1.807, 2.05) is 25.9 Å². The van der Waals surface area contributed by atoms with Crippen LogP contribution in [-0.4, -0.2) is 62.5 Å². The van der Waals surface area contributed by atoms with Gasteiger partial charge in [0.1, 0.15) is 0 Å². The highest BCUT2D eigenvalue weighted by molar-refractivity contribution is 5.78. The number of carbonyl (C=O) groups is 2. The monoisotopic (exact) mass is 340 g/mol. The summed E-state index contributed by atoms with van der Waals surface area (Å²) in [6.07, 6.45) is 9.04. The molecular weight excluding hydrogens is 304 g/mol. The molecule has 1 fully saturated rings. The Morgan fingerprint density at radius 3 is 2.38 bits per heavy atom. The minimum atomic E-state index is -0.270. The van der Waals surface area contributed by atoms with E-state index in [0.29, 0.717) is 25.4 Å². The van der Waals surface area contributed by atoms with E-state index in [0.717, 1.165) is 19.4 Å². The van der Waals surface area contributed by atoms with Crippen LogP contribution in [0.2, 0.25) is 0 Å². The molecule has 1 aliphatic carbocycles. The summed E-state index contributed by atoms with van der Waals surface area (Å²) in [4.78, 5) is 28.3. The molecule has 1 amide bonds. The molecule has 0 heterocycles. The summed E-state index contributed by atoms with van der Waals surface area (Å²) < 4.78 is 4.81. The molecule has 1 saturated carbocycles. The topological polar surface area (TPSA) is 49.9 Å².